The van der Waals surface area contributed by atoms with Crippen molar-refractivity contribution in [1.29, 1.82) is 0 Å². The summed E-state index contributed by atoms with van der Waals surface area (Å²) in [6.07, 6.45) is 3.38. The summed E-state index contributed by atoms with van der Waals surface area (Å²) in [6, 6.07) is 0. The number of hydroxylamine groups is 1. The molecule has 0 rings (SSSR count). The van der Waals surface area contributed by atoms with E-state index >= 15 is 0 Å². The molecule has 0 spiro atoms. The summed E-state index contributed by atoms with van der Waals surface area (Å²) in [7, 11) is -3.68. The summed E-state index contributed by atoms with van der Waals surface area (Å²) in [5.41, 5.74) is 1.39. The van der Waals surface area contributed by atoms with E-state index < -0.39 is 13.5 Å². The molecule has 1 atom stereocenters. The van der Waals surface area contributed by atoms with Crippen LogP contribution in [0.3, 0.4) is 0 Å². The van der Waals surface area contributed by atoms with Gasteiger partial charge in [0.05, 0.1) is 12.8 Å². The molecule has 1 unspecified atom stereocenters. The second-order valence-corrected chi connectivity index (χ2v) is 5.52. The zero-order valence-corrected chi connectivity index (χ0v) is 10.4. The van der Waals surface area contributed by atoms with E-state index in [1.54, 1.807) is 0 Å². The Balaban J connectivity index is 3.62. The molecular weight excluding hydrogens is 233 g/mol. The Kier molecular flexibility index (Phi) is 8.47. The van der Waals surface area contributed by atoms with Gasteiger partial charge in [0.2, 0.25) is 5.91 Å². The lowest BCUT2D eigenvalue weighted by Crippen LogP contribution is -2.19. The maximum absolute atomic E-state index is 11.3. The van der Waals surface area contributed by atoms with Crippen molar-refractivity contribution >= 4 is 13.5 Å². The first kappa shape index (κ1) is 15.6. The summed E-state index contributed by atoms with van der Waals surface area (Å²) in [5, 5.41) is 8.19. The van der Waals surface area contributed by atoms with Crippen molar-refractivity contribution in [2.45, 2.75) is 39.0 Å². The van der Waals surface area contributed by atoms with E-state index in [0.717, 1.165) is 25.7 Å². The first-order valence-corrected chi connectivity index (χ1v) is 7.17. The summed E-state index contributed by atoms with van der Waals surface area (Å²) >= 11 is 0. The smallest absolute Gasteiger partial charge is 0.324 e. The molecule has 0 aromatic carbocycles. The number of hydrogen-bond acceptors (Lipinski definition) is 4. The molecule has 0 aromatic rings. The largest absolute Gasteiger partial charge is 0.328 e. The van der Waals surface area contributed by atoms with Gasteiger partial charge in [-0.05, 0) is 6.42 Å². The number of carbonyl (C=O) groups is 1. The van der Waals surface area contributed by atoms with Gasteiger partial charge in [-0.15, -0.1) is 0 Å². The molecule has 16 heavy (non-hydrogen) atoms. The molecule has 0 aliphatic rings. The standard InChI is InChI=1S/C9H20NO5P/c1-2-3-4-5-7-15-16(13,14)8-6-9(11)10-12/h12H,2-8H2,1H3,(H,10,11)(H,13,14). The number of hydrogen-bond donors (Lipinski definition) is 3. The Bertz CT molecular complexity index is 246. The molecule has 3 N–H and O–H groups in total. The Hall–Kier alpha value is -0.420. The fraction of sp³-hybridized carbons (Fsp3) is 0.889. The van der Waals surface area contributed by atoms with Gasteiger partial charge in [0.15, 0.2) is 0 Å². The van der Waals surface area contributed by atoms with Crippen molar-refractivity contribution in [3.05, 3.63) is 0 Å². The summed E-state index contributed by atoms with van der Waals surface area (Å²) in [4.78, 5) is 19.9. The highest BCUT2D eigenvalue weighted by Crippen LogP contribution is 2.42. The van der Waals surface area contributed by atoms with E-state index in [9.17, 15) is 14.3 Å². The van der Waals surface area contributed by atoms with Crippen LogP contribution in [-0.4, -0.2) is 28.8 Å². The molecule has 0 aliphatic heterocycles. The molecule has 0 fully saturated rings. The highest BCUT2D eigenvalue weighted by atomic mass is 31.2. The van der Waals surface area contributed by atoms with Crippen molar-refractivity contribution in [2.75, 3.05) is 12.8 Å². The predicted octanol–water partition coefficient (Wildman–Crippen LogP) is 1.66. The minimum absolute atomic E-state index is 0.223. The minimum Gasteiger partial charge on any atom is -0.324 e. The van der Waals surface area contributed by atoms with E-state index in [-0.39, 0.29) is 19.2 Å². The Morgan fingerprint density at radius 2 is 2.06 bits per heavy atom. The minimum atomic E-state index is -3.68. The topological polar surface area (TPSA) is 95.9 Å². The predicted molar refractivity (Wildman–Crippen MR) is 59.3 cm³/mol. The molecule has 0 aliphatic carbocycles. The maximum atomic E-state index is 11.3. The molecular formula is C9H20NO5P. The van der Waals surface area contributed by atoms with Crippen LogP contribution in [0.4, 0.5) is 0 Å². The highest BCUT2D eigenvalue weighted by molar-refractivity contribution is 7.52. The quantitative estimate of drug-likeness (QED) is 0.251. The molecule has 0 saturated heterocycles. The second kappa shape index (κ2) is 8.70. The number of carbonyl (C=O) groups excluding carboxylic acids is 1. The average molecular weight is 253 g/mol. The van der Waals surface area contributed by atoms with E-state index in [1.807, 2.05) is 0 Å². The van der Waals surface area contributed by atoms with Gasteiger partial charge in [-0.1, -0.05) is 26.2 Å². The van der Waals surface area contributed by atoms with Gasteiger partial charge < -0.3 is 9.42 Å². The van der Waals surface area contributed by atoms with Gasteiger partial charge in [0, 0.05) is 6.42 Å². The van der Waals surface area contributed by atoms with E-state index in [0.29, 0.717) is 0 Å². The van der Waals surface area contributed by atoms with Gasteiger partial charge in [-0.3, -0.25) is 14.6 Å². The van der Waals surface area contributed by atoms with Crippen LogP contribution in [0.5, 0.6) is 0 Å². The highest BCUT2D eigenvalue weighted by Gasteiger charge is 2.20. The zero-order valence-electron chi connectivity index (χ0n) is 9.52. The third-order valence-electron chi connectivity index (χ3n) is 2.04. The van der Waals surface area contributed by atoms with Gasteiger partial charge >= 0.3 is 7.60 Å². The van der Waals surface area contributed by atoms with Gasteiger partial charge in [-0.2, -0.15) is 0 Å². The lowest BCUT2D eigenvalue weighted by atomic mass is 10.2. The fourth-order valence-corrected chi connectivity index (χ4v) is 2.13. The summed E-state index contributed by atoms with van der Waals surface area (Å²) in [5.74, 6) is -0.691. The Labute approximate surface area is 95.5 Å². The van der Waals surface area contributed by atoms with E-state index in [4.69, 9.17) is 9.73 Å². The van der Waals surface area contributed by atoms with Crippen LogP contribution in [0.25, 0.3) is 0 Å². The number of rotatable bonds is 9. The van der Waals surface area contributed by atoms with Crippen molar-refractivity contribution < 1.29 is 24.0 Å². The monoisotopic (exact) mass is 253 g/mol. The van der Waals surface area contributed by atoms with Crippen molar-refractivity contribution in [3.8, 4) is 0 Å². The molecule has 7 heteroatoms. The van der Waals surface area contributed by atoms with Crippen LogP contribution < -0.4 is 5.48 Å². The molecule has 1 amide bonds. The SMILES string of the molecule is CCCCCCOP(=O)(O)CCC(=O)NO. The normalized spacial score (nSPS) is 14.4. The maximum Gasteiger partial charge on any atom is 0.328 e. The summed E-state index contributed by atoms with van der Waals surface area (Å²) < 4.78 is 16.2. The zero-order chi connectivity index (χ0) is 12.4. The van der Waals surface area contributed by atoms with E-state index in [1.165, 1.54) is 5.48 Å². The van der Waals surface area contributed by atoms with Crippen LogP contribution in [0, 0.1) is 0 Å². The van der Waals surface area contributed by atoms with Crippen LogP contribution >= 0.6 is 7.60 Å². The Morgan fingerprint density at radius 3 is 2.62 bits per heavy atom. The third-order valence-corrected chi connectivity index (χ3v) is 3.41. The Morgan fingerprint density at radius 1 is 1.38 bits per heavy atom. The molecule has 0 bridgehead atoms. The molecule has 96 valence electrons. The van der Waals surface area contributed by atoms with Gasteiger partial charge in [-0.25, -0.2) is 5.48 Å². The van der Waals surface area contributed by atoms with Crippen LogP contribution in [0.15, 0.2) is 0 Å². The summed E-state index contributed by atoms with van der Waals surface area (Å²) in [6.45, 7) is 2.31. The first-order chi connectivity index (χ1) is 7.52. The first-order valence-electron chi connectivity index (χ1n) is 5.41. The van der Waals surface area contributed by atoms with Gasteiger partial charge in [0.25, 0.3) is 0 Å². The molecule has 0 saturated carbocycles. The molecule has 6 nitrogen and oxygen atoms in total. The van der Waals surface area contributed by atoms with Crippen molar-refractivity contribution in [1.82, 2.24) is 5.48 Å². The fourth-order valence-electron chi connectivity index (χ4n) is 1.10. The third kappa shape index (κ3) is 8.85. The van der Waals surface area contributed by atoms with Crippen LogP contribution in [0.2, 0.25) is 0 Å². The molecule has 0 aromatic heterocycles. The number of amides is 1. The van der Waals surface area contributed by atoms with Crippen molar-refractivity contribution in [2.24, 2.45) is 0 Å². The van der Waals surface area contributed by atoms with Crippen LogP contribution in [0.1, 0.15) is 39.0 Å². The molecule has 0 heterocycles. The van der Waals surface area contributed by atoms with Crippen LogP contribution in [-0.2, 0) is 13.9 Å². The van der Waals surface area contributed by atoms with E-state index in [2.05, 4.69) is 6.92 Å². The lowest BCUT2D eigenvalue weighted by molar-refractivity contribution is -0.128. The van der Waals surface area contributed by atoms with Crippen molar-refractivity contribution in [3.63, 3.8) is 0 Å². The number of nitrogens with one attached hydrogen (secondary N) is 1. The second-order valence-electron chi connectivity index (χ2n) is 3.54. The molecule has 0 radical (unpaired) electrons. The number of unbranched alkanes of at least 4 members (excludes halogenated alkanes) is 3. The van der Waals surface area contributed by atoms with Gasteiger partial charge in [0.1, 0.15) is 0 Å². The average Bonchev–Trinajstić information content (AvgIpc) is 2.25. The lowest BCUT2D eigenvalue weighted by Gasteiger charge is -2.11.